The fourth-order valence-corrected chi connectivity index (χ4v) is 2.99. The zero-order chi connectivity index (χ0) is 19.5. The molecule has 0 aromatic heterocycles. The molecule has 1 aliphatic rings. The number of esters is 1. The van der Waals surface area contributed by atoms with Crippen LogP contribution in [0.3, 0.4) is 0 Å². The monoisotopic (exact) mass is 362 g/mol. The Kier molecular flexibility index (Phi) is 5.90. The summed E-state index contributed by atoms with van der Waals surface area (Å²) >= 11 is 0. The number of ether oxygens (including phenoxy) is 2. The van der Waals surface area contributed by atoms with Crippen molar-refractivity contribution in [2.24, 2.45) is 5.92 Å². The summed E-state index contributed by atoms with van der Waals surface area (Å²) in [6.45, 7) is 7.36. The molecule has 7 nitrogen and oxygen atoms in total. The molecule has 1 saturated heterocycles. The summed E-state index contributed by atoms with van der Waals surface area (Å²) < 4.78 is 10.3. The van der Waals surface area contributed by atoms with Crippen LogP contribution in [0.1, 0.15) is 38.3 Å². The number of hydrogen-bond acceptors (Lipinski definition) is 5. The molecule has 7 heteroatoms. The largest absolute Gasteiger partial charge is 0.496 e. The lowest BCUT2D eigenvalue weighted by Gasteiger charge is -2.26. The van der Waals surface area contributed by atoms with Crippen molar-refractivity contribution in [3.63, 3.8) is 0 Å². The number of rotatable bonds is 7. The first-order valence-corrected chi connectivity index (χ1v) is 8.70. The van der Waals surface area contributed by atoms with E-state index in [1.165, 1.54) is 0 Å². The van der Waals surface area contributed by atoms with Crippen LogP contribution in [0.5, 0.6) is 5.75 Å². The zero-order valence-corrected chi connectivity index (χ0v) is 15.9. The van der Waals surface area contributed by atoms with Gasteiger partial charge in [0.2, 0.25) is 0 Å². The Hall–Kier alpha value is -2.57. The number of nitrogens with zero attached hydrogens (tertiary/aromatic N) is 1. The molecule has 1 aliphatic heterocycles. The molecule has 0 aliphatic carbocycles. The molecular formula is C19H26N2O5. The molecule has 0 spiro atoms. The third-order valence-corrected chi connectivity index (χ3v) is 4.46. The highest BCUT2D eigenvalue weighted by atomic mass is 16.5. The fraction of sp³-hybridized carbons (Fsp3) is 0.526. The second kappa shape index (κ2) is 7.76. The smallest absolute Gasteiger partial charge is 0.326 e. The maximum absolute atomic E-state index is 13.0. The minimum Gasteiger partial charge on any atom is -0.496 e. The van der Waals surface area contributed by atoms with Gasteiger partial charge in [-0.2, -0.15) is 0 Å². The number of methoxy groups -OCH3 is 1. The Morgan fingerprint density at radius 3 is 2.54 bits per heavy atom. The first-order valence-electron chi connectivity index (χ1n) is 8.70. The van der Waals surface area contributed by atoms with E-state index in [1.807, 2.05) is 33.8 Å². The minimum atomic E-state index is -1.19. The predicted molar refractivity (Wildman–Crippen MR) is 95.7 cm³/mol. The van der Waals surface area contributed by atoms with Gasteiger partial charge in [0.05, 0.1) is 13.7 Å². The standard InChI is InChI=1S/C19H26N2O5/c1-6-19(14-7-8-15(25-5)13(4)9-14)17(23)21(18(24)20-19)10-16(22)26-11-12(2)3/h7-9,12H,6,10-11H2,1-5H3,(H,20,24). The molecule has 142 valence electrons. The van der Waals surface area contributed by atoms with E-state index in [9.17, 15) is 14.4 Å². The maximum Gasteiger partial charge on any atom is 0.326 e. The maximum atomic E-state index is 13.0. The number of carbonyl (C=O) groups excluding carboxylic acids is 3. The van der Waals surface area contributed by atoms with Gasteiger partial charge in [-0.25, -0.2) is 4.79 Å². The second-order valence-corrected chi connectivity index (χ2v) is 6.84. The van der Waals surface area contributed by atoms with Crippen molar-refractivity contribution in [1.82, 2.24) is 10.2 Å². The SMILES string of the molecule is CCC1(c2ccc(OC)c(C)c2)NC(=O)N(CC(=O)OCC(C)C)C1=O. The number of imide groups is 1. The van der Waals surface area contributed by atoms with Crippen molar-refractivity contribution in [1.29, 1.82) is 0 Å². The second-order valence-electron chi connectivity index (χ2n) is 6.84. The normalized spacial score (nSPS) is 19.7. The summed E-state index contributed by atoms with van der Waals surface area (Å²) in [6.07, 6.45) is 0.362. The molecule has 1 unspecified atom stereocenters. The number of aryl methyl sites for hydroxylation is 1. The van der Waals surface area contributed by atoms with E-state index in [0.29, 0.717) is 17.7 Å². The predicted octanol–water partition coefficient (Wildman–Crippen LogP) is 2.36. The van der Waals surface area contributed by atoms with Gasteiger partial charge in [-0.15, -0.1) is 0 Å². The van der Waals surface area contributed by atoms with Crippen molar-refractivity contribution in [3.8, 4) is 5.75 Å². The van der Waals surface area contributed by atoms with Crippen LogP contribution in [-0.2, 0) is 19.9 Å². The lowest BCUT2D eigenvalue weighted by molar-refractivity contribution is -0.148. The van der Waals surface area contributed by atoms with Crippen LogP contribution in [0.2, 0.25) is 0 Å². The number of benzene rings is 1. The van der Waals surface area contributed by atoms with Crippen molar-refractivity contribution in [3.05, 3.63) is 29.3 Å². The van der Waals surface area contributed by atoms with Gasteiger partial charge in [0, 0.05) is 0 Å². The van der Waals surface area contributed by atoms with E-state index >= 15 is 0 Å². The van der Waals surface area contributed by atoms with Crippen LogP contribution in [0, 0.1) is 12.8 Å². The highest BCUT2D eigenvalue weighted by Crippen LogP contribution is 2.34. The zero-order valence-electron chi connectivity index (χ0n) is 15.9. The number of nitrogens with one attached hydrogen (secondary N) is 1. The molecule has 3 amide bonds. The summed E-state index contributed by atoms with van der Waals surface area (Å²) in [7, 11) is 1.57. The molecule has 2 rings (SSSR count). The van der Waals surface area contributed by atoms with Crippen molar-refractivity contribution >= 4 is 17.9 Å². The van der Waals surface area contributed by atoms with E-state index in [1.54, 1.807) is 19.2 Å². The number of carbonyl (C=O) groups is 3. The third-order valence-electron chi connectivity index (χ3n) is 4.46. The quantitative estimate of drug-likeness (QED) is 0.594. The molecule has 1 atom stereocenters. The van der Waals surface area contributed by atoms with Gasteiger partial charge in [-0.1, -0.05) is 26.8 Å². The highest BCUT2D eigenvalue weighted by Gasteiger charge is 2.51. The third kappa shape index (κ3) is 3.66. The van der Waals surface area contributed by atoms with Crippen LogP contribution in [0.25, 0.3) is 0 Å². The molecule has 1 heterocycles. The molecule has 1 N–H and O–H groups in total. The summed E-state index contributed by atoms with van der Waals surface area (Å²) in [5.41, 5.74) is 0.330. The van der Waals surface area contributed by atoms with Gasteiger partial charge < -0.3 is 14.8 Å². The van der Waals surface area contributed by atoms with Crippen LogP contribution in [-0.4, -0.2) is 43.1 Å². The van der Waals surface area contributed by atoms with Crippen molar-refractivity contribution < 1.29 is 23.9 Å². The van der Waals surface area contributed by atoms with E-state index < -0.39 is 30.0 Å². The number of urea groups is 1. The van der Waals surface area contributed by atoms with E-state index in [-0.39, 0.29) is 12.5 Å². The first-order chi connectivity index (χ1) is 12.2. The summed E-state index contributed by atoms with van der Waals surface area (Å²) in [4.78, 5) is 38.3. The lowest BCUT2D eigenvalue weighted by atomic mass is 9.86. The average Bonchev–Trinajstić information content (AvgIpc) is 2.85. The van der Waals surface area contributed by atoms with Crippen LogP contribution in [0.15, 0.2) is 18.2 Å². The van der Waals surface area contributed by atoms with Crippen molar-refractivity contribution in [2.45, 2.75) is 39.7 Å². The van der Waals surface area contributed by atoms with E-state index in [0.717, 1.165) is 10.5 Å². The van der Waals surface area contributed by atoms with E-state index in [2.05, 4.69) is 5.32 Å². The Labute approximate surface area is 153 Å². The van der Waals surface area contributed by atoms with Gasteiger partial charge in [0.25, 0.3) is 5.91 Å². The van der Waals surface area contributed by atoms with E-state index in [4.69, 9.17) is 9.47 Å². The Morgan fingerprint density at radius 2 is 2.00 bits per heavy atom. The number of hydrogen-bond donors (Lipinski definition) is 1. The molecule has 0 saturated carbocycles. The Morgan fingerprint density at radius 1 is 1.31 bits per heavy atom. The van der Waals surface area contributed by atoms with Gasteiger partial charge in [0.15, 0.2) is 0 Å². The topological polar surface area (TPSA) is 84.9 Å². The summed E-state index contributed by atoms with van der Waals surface area (Å²) in [5, 5.41) is 2.76. The lowest BCUT2D eigenvalue weighted by Crippen LogP contribution is -2.44. The summed E-state index contributed by atoms with van der Waals surface area (Å²) in [6, 6.07) is 4.75. The molecule has 26 heavy (non-hydrogen) atoms. The van der Waals surface area contributed by atoms with Crippen LogP contribution < -0.4 is 10.1 Å². The van der Waals surface area contributed by atoms with Gasteiger partial charge in [-0.05, 0) is 42.5 Å². The first kappa shape index (κ1) is 19.8. The molecule has 0 bridgehead atoms. The van der Waals surface area contributed by atoms with Crippen LogP contribution >= 0.6 is 0 Å². The van der Waals surface area contributed by atoms with Gasteiger partial charge in [0.1, 0.15) is 17.8 Å². The molecule has 1 aromatic carbocycles. The van der Waals surface area contributed by atoms with Crippen LogP contribution in [0.4, 0.5) is 4.79 Å². The Bertz CT molecular complexity index is 716. The Balaban J connectivity index is 2.26. The average molecular weight is 362 g/mol. The summed E-state index contributed by atoms with van der Waals surface area (Å²) in [5.74, 6) is -0.166. The molecule has 1 fully saturated rings. The fourth-order valence-electron chi connectivity index (χ4n) is 2.99. The molecular weight excluding hydrogens is 336 g/mol. The van der Waals surface area contributed by atoms with Gasteiger partial charge in [-0.3, -0.25) is 14.5 Å². The molecule has 1 aromatic rings. The minimum absolute atomic E-state index is 0.180. The van der Waals surface area contributed by atoms with Crippen molar-refractivity contribution in [2.75, 3.05) is 20.3 Å². The highest BCUT2D eigenvalue weighted by molar-refractivity contribution is 6.09. The van der Waals surface area contributed by atoms with Gasteiger partial charge >= 0.3 is 12.0 Å². The number of amides is 3. The molecule has 0 radical (unpaired) electrons.